The van der Waals surface area contributed by atoms with Gasteiger partial charge in [0, 0.05) is 0 Å². The number of nitrogens with zero attached hydrogens (tertiary/aromatic N) is 1. The predicted octanol–water partition coefficient (Wildman–Crippen LogP) is 5.02. The Morgan fingerprint density at radius 2 is 1.69 bits per heavy atom. The van der Waals surface area contributed by atoms with Crippen molar-refractivity contribution in [2.45, 2.75) is 13.5 Å². The molecule has 4 rings (SSSR count). The van der Waals surface area contributed by atoms with Gasteiger partial charge in [-0.15, -0.1) is 0 Å². The van der Waals surface area contributed by atoms with Crippen LogP contribution in [0.1, 0.15) is 23.6 Å². The standard InChI is InChI=1S/C26H23NO5/c1-3-30-22-12-8-7-11-20(22)25-27-21(26(28)32-25)15-19-13-14-23(24(16-19)29-2)31-17-18-9-5-4-6-10-18/h4-16H,3,17H2,1-2H3/b21-15+. The molecule has 3 aromatic rings. The van der Waals surface area contributed by atoms with Gasteiger partial charge in [-0.25, -0.2) is 9.79 Å². The van der Waals surface area contributed by atoms with Crippen molar-refractivity contribution < 1.29 is 23.7 Å². The van der Waals surface area contributed by atoms with E-state index in [2.05, 4.69) is 4.99 Å². The lowest BCUT2D eigenvalue weighted by Gasteiger charge is -2.11. The number of hydrogen-bond acceptors (Lipinski definition) is 6. The Bertz CT molecular complexity index is 1170. The summed E-state index contributed by atoms with van der Waals surface area (Å²) in [5, 5.41) is 0. The Morgan fingerprint density at radius 1 is 0.906 bits per heavy atom. The third kappa shape index (κ3) is 4.81. The van der Waals surface area contributed by atoms with Gasteiger partial charge >= 0.3 is 5.97 Å². The van der Waals surface area contributed by atoms with E-state index >= 15 is 0 Å². The van der Waals surface area contributed by atoms with Gasteiger partial charge < -0.3 is 18.9 Å². The van der Waals surface area contributed by atoms with Gasteiger partial charge in [0.25, 0.3) is 0 Å². The third-order valence-corrected chi connectivity index (χ3v) is 4.77. The molecule has 0 spiro atoms. The second-order valence-electron chi connectivity index (χ2n) is 6.95. The van der Waals surface area contributed by atoms with Crippen LogP contribution in [0.5, 0.6) is 17.2 Å². The number of ether oxygens (including phenoxy) is 4. The van der Waals surface area contributed by atoms with Crippen LogP contribution in [0.3, 0.4) is 0 Å². The fourth-order valence-corrected chi connectivity index (χ4v) is 3.24. The molecule has 0 bridgehead atoms. The first-order valence-corrected chi connectivity index (χ1v) is 10.3. The zero-order valence-electron chi connectivity index (χ0n) is 17.9. The number of carbonyl (C=O) groups is 1. The highest BCUT2D eigenvalue weighted by atomic mass is 16.6. The minimum Gasteiger partial charge on any atom is -0.493 e. The molecule has 0 aromatic heterocycles. The van der Waals surface area contributed by atoms with Gasteiger partial charge in [-0.05, 0) is 48.4 Å². The van der Waals surface area contributed by atoms with E-state index < -0.39 is 5.97 Å². The number of methoxy groups -OCH3 is 1. The number of para-hydroxylation sites is 1. The summed E-state index contributed by atoms with van der Waals surface area (Å²) in [5.74, 6) is 1.49. The number of cyclic esters (lactones) is 1. The molecular formula is C26H23NO5. The first kappa shape index (κ1) is 21.2. The summed E-state index contributed by atoms with van der Waals surface area (Å²) in [6.07, 6.45) is 1.65. The first-order valence-electron chi connectivity index (χ1n) is 10.3. The fraction of sp³-hybridized carbons (Fsp3) is 0.154. The van der Waals surface area contributed by atoms with Gasteiger partial charge in [0.1, 0.15) is 12.4 Å². The highest BCUT2D eigenvalue weighted by Crippen LogP contribution is 2.31. The molecule has 0 saturated heterocycles. The van der Waals surface area contributed by atoms with E-state index in [4.69, 9.17) is 18.9 Å². The van der Waals surface area contributed by atoms with Gasteiger partial charge in [-0.3, -0.25) is 0 Å². The van der Waals surface area contributed by atoms with Crippen molar-refractivity contribution in [1.29, 1.82) is 0 Å². The van der Waals surface area contributed by atoms with Crippen LogP contribution in [0.25, 0.3) is 6.08 Å². The molecule has 0 aliphatic carbocycles. The summed E-state index contributed by atoms with van der Waals surface area (Å²) >= 11 is 0. The maximum atomic E-state index is 12.4. The normalized spacial score (nSPS) is 14.1. The number of esters is 1. The van der Waals surface area contributed by atoms with Gasteiger partial charge in [-0.1, -0.05) is 48.5 Å². The zero-order valence-corrected chi connectivity index (χ0v) is 17.9. The van der Waals surface area contributed by atoms with Crippen molar-refractivity contribution in [2.75, 3.05) is 13.7 Å². The zero-order chi connectivity index (χ0) is 22.3. The van der Waals surface area contributed by atoms with Crippen molar-refractivity contribution in [3.63, 3.8) is 0 Å². The van der Waals surface area contributed by atoms with E-state index in [1.54, 1.807) is 19.3 Å². The van der Waals surface area contributed by atoms with Crippen LogP contribution >= 0.6 is 0 Å². The minimum absolute atomic E-state index is 0.200. The number of rotatable bonds is 8. The predicted molar refractivity (Wildman–Crippen MR) is 122 cm³/mol. The number of benzene rings is 3. The molecule has 0 amide bonds. The van der Waals surface area contributed by atoms with E-state index in [0.29, 0.717) is 36.0 Å². The summed E-state index contributed by atoms with van der Waals surface area (Å²) < 4.78 is 22.4. The highest BCUT2D eigenvalue weighted by molar-refractivity contribution is 6.13. The van der Waals surface area contributed by atoms with Crippen LogP contribution in [-0.2, 0) is 16.1 Å². The number of carbonyl (C=O) groups excluding carboxylic acids is 1. The Morgan fingerprint density at radius 3 is 2.47 bits per heavy atom. The largest absolute Gasteiger partial charge is 0.493 e. The summed E-state index contributed by atoms with van der Waals surface area (Å²) in [7, 11) is 1.58. The lowest BCUT2D eigenvalue weighted by Crippen LogP contribution is -2.07. The Kier molecular flexibility index (Phi) is 6.51. The van der Waals surface area contributed by atoms with Crippen LogP contribution < -0.4 is 14.2 Å². The van der Waals surface area contributed by atoms with Crippen molar-refractivity contribution >= 4 is 17.9 Å². The van der Waals surface area contributed by atoms with E-state index in [-0.39, 0.29) is 11.6 Å². The smallest absolute Gasteiger partial charge is 0.363 e. The Labute approximate surface area is 186 Å². The van der Waals surface area contributed by atoms with Gasteiger partial charge in [0.05, 0.1) is 19.3 Å². The summed E-state index contributed by atoms with van der Waals surface area (Å²) in [6.45, 7) is 2.82. The van der Waals surface area contributed by atoms with Crippen molar-refractivity contribution in [2.24, 2.45) is 4.99 Å². The van der Waals surface area contributed by atoms with Crippen LogP contribution in [0.4, 0.5) is 0 Å². The molecule has 0 fully saturated rings. The summed E-state index contributed by atoms with van der Waals surface area (Å²) in [4.78, 5) is 16.8. The SMILES string of the molecule is CCOc1ccccc1C1=N/C(=C/c2ccc(OCc3ccccc3)c(OC)c2)C(=O)O1. The Hall–Kier alpha value is -4.06. The van der Waals surface area contributed by atoms with Gasteiger partial charge in [0.2, 0.25) is 5.90 Å². The third-order valence-electron chi connectivity index (χ3n) is 4.77. The van der Waals surface area contributed by atoms with Crippen molar-refractivity contribution in [3.05, 3.63) is 95.2 Å². The quantitative estimate of drug-likeness (QED) is 0.372. The summed E-state index contributed by atoms with van der Waals surface area (Å²) in [5.41, 5.74) is 2.63. The molecule has 6 nitrogen and oxygen atoms in total. The van der Waals surface area contributed by atoms with Gasteiger partial charge in [0.15, 0.2) is 17.2 Å². The Balaban J connectivity index is 1.56. The maximum Gasteiger partial charge on any atom is 0.363 e. The van der Waals surface area contributed by atoms with Gasteiger partial charge in [-0.2, -0.15) is 0 Å². The van der Waals surface area contributed by atoms with Crippen molar-refractivity contribution in [3.8, 4) is 17.2 Å². The second kappa shape index (κ2) is 9.83. The molecule has 0 saturated carbocycles. The average molecular weight is 429 g/mol. The molecule has 162 valence electrons. The van der Waals surface area contributed by atoms with E-state index in [9.17, 15) is 4.79 Å². The topological polar surface area (TPSA) is 66.3 Å². The second-order valence-corrected chi connectivity index (χ2v) is 6.95. The average Bonchev–Trinajstić information content (AvgIpc) is 3.19. The molecule has 32 heavy (non-hydrogen) atoms. The minimum atomic E-state index is -0.519. The molecule has 1 aliphatic heterocycles. The molecule has 3 aromatic carbocycles. The molecule has 0 radical (unpaired) electrons. The lowest BCUT2D eigenvalue weighted by molar-refractivity contribution is -0.129. The molecule has 6 heteroatoms. The number of aliphatic imine (C=N–C) groups is 1. The molecule has 1 aliphatic rings. The van der Waals surface area contributed by atoms with Crippen LogP contribution in [-0.4, -0.2) is 25.6 Å². The van der Waals surface area contributed by atoms with E-state index in [0.717, 1.165) is 11.1 Å². The molecule has 0 N–H and O–H groups in total. The molecular weight excluding hydrogens is 406 g/mol. The maximum absolute atomic E-state index is 12.4. The monoisotopic (exact) mass is 429 g/mol. The van der Waals surface area contributed by atoms with Crippen molar-refractivity contribution in [1.82, 2.24) is 0 Å². The summed E-state index contributed by atoms with van der Waals surface area (Å²) in [6, 6.07) is 22.6. The first-order chi connectivity index (χ1) is 15.7. The molecule has 0 atom stereocenters. The van der Waals surface area contributed by atoms with E-state index in [1.165, 1.54) is 0 Å². The lowest BCUT2D eigenvalue weighted by atomic mass is 10.1. The molecule has 1 heterocycles. The van der Waals surface area contributed by atoms with Crippen LogP contribution in [0.15, 0.2) is 83.5 Å². The number of hydrogen-bond donors (Lipinski definition) is 0. The van der Waals surface area contributed by atoms with Crippen LogP contribution in [0, 0.1) is 0 Å². The van der Waals surface area contributed by atoms with Crippen LogP contribution in [0.2, 0.25) is 0 Å². The molecule has 0 unspecified atom stereocenters. The fourth-order valence-electron chi connectivity index (χ4n) is 3.24. The van der Waals surface area contributed by atoms with E-state index in [1.807, 2.05) is 73.7 Å². The highest BCUT2D eigenvalue weighted by Gasteiger charge is 2.26.